The third kappa shape index (κ3) is 4.25. The van der Waals surface area contributed by atoms with E-state index < -0.39 is 17.5 Å². The van der Waals surface area contributed by atoms with Crippen LogP contribution in [0.3, 0.4) is 0 Å². The molecule has 0 aliphatic carbocycles. The molecule has 3 nitrogen and oxygen atoms in total. The van der Waals surface area contributed by atoms with Gasteiger partial charge in [0.15, 0.2) is 23.4 Å². The van der Waals surface area contributed by atoms with E-state index in [1.54, 1.807) is 0 Å². The van der Waals surface area contributed by atoms with Crippen molar-refractivity contribution in [3.8, 4) is 0 Å². The topological polar surface area (TPSA) is 50.4 Å². The predicted octanol–water partition coefficient (Wildman–Crippen LogP) is 3.38. The molecule has 0 aliphatic rings. The van der Waals surface area contributed by atoms with Gasteiger partial charge in [-0.25, -0.2) is 13.2 Å². The first kappa shape index (κ1) is 15.9. The lowest BCUT2D eigenvalue weighted by molar-refractivity contribution is 0.445. The number of hydrogen-bond acceptors (Lipinski definition) is 1. The molecular weight excluding hydrogens is 291 g/mol. The summed E-state index contributed by atoms with van der Waals surface area (Å²) in [5.74, 6) is -3.67. The zero-order valence-electron chi connectivity index (χ0n) is 12.0. The number of nitrogens with one attached hydrogen (secondary N) is 1. The summed E-state index contributed by atoms with van der Waals surface area (Å²) in [5.41, 5.74) is 7.97. The summed E-state index contributed by atoms with van der Waals surface area (Å²) >= 11 is 0. The van der Waals surface area contributed by atoms with Gasteiger partial charge in [0.25, 0.3) is 0 Å². The Morgan fingerprint density at radius 3 is 2.27 bits per heavy atom. The summed E-state index contributed by atoms with van der Waals surface area (Å²) in [6, 6.07) is 9.50. The highest BCUT2D eigenvalue weighted by molar-refractivity contribution is 5.92. The summed E-state index contributed by atoms with van der Waals surface area (Å²) in [6.45, 7) is 2.21. The Kier molecular flexibility index (Phi) is 5.04. The van der Waals surface area contributed by atoms with Crippen LogP contribution in [0, 0.1) is 24.4 Å². The maximum absolute atomic E-state index is 13.1. The minimum atomic E-state index is -1.46. The normalized spacial score (nSPS) is 11.5. The van der Waals surface area contributed by atoms with E-state index in [0.717, 1.165) is 23.4 Å². The maximum atomic E-state index is 13.1. The number of nitrogens with two attached hydrogens (primary N) is 1. The van der Waals surface area contributed by atoms with E-state index in [2.05, 4.69) is 10.3 Å². The second-order valence-corrected chi connectivity index (χ2v) is 4.88. The summed E-state index contributed by atoms with van der Waals surface area (Å²) in [5, 5.41) is 2.91. The number of hydrogen-bond donors (Lipinski definition) is 2. The Morgan fingerprint density at radius 1 is 1.09 bits per heavy atom. The molecule has 0 radical (unpaired) electrons. The van der Waals surface area contributed by atoms with Crippen LogP contribution in [0.1, 0.15) is 11.1 Å². The fraction of sp³-hybridized carbons (Fsp3) is 0.188. The number of anilines is 1. The van der Waals surface area contributed by atoms with Gasteiger partial charge in [-0.15, -0.1) is 0 Å². The molecule has 0 saturated heterocycles. The average molecular weight is 307 g/mol. The molecule has 0 fully saturated rings. The van der Waals surface area contributed by atoms with Crippen molar-refractivity contribution in [2.24, 2.45) is 10.7 Å². The van der Waals surface area contributed by atoms with E-state index in [-0.39, 0.29) is 18.9 Å². The molecule has 116 valence electrons. The summed E-state index contributed by atoms with van der Waals surface area (Å²) in [6.07, 6.45) is 0.254. The Labute approximate surface area is 126 Å². The van der Waals surface area contributed by atoms with Crippen LogP contribution in [0.5, 0.6) is 0 Å². The molecule has 0 aliphatic heterocycles. The van der Waals surface area contributed by atoms with Crippen LogP contribution in [-0.2, 0) is 6.42 Å². The average Bonchev–Trinajstić information content (AvgIpc) is 2.47. The Morgan fingerprint density at radius 2 is 1.68 bits per heavy atom. The molecule has 0 amide bonds. The Balaban J connectivity index is 1.93. The molecule has 0 unspecified atom stereocenters. The van der Waals surface area contributed by atoms with Crippen LogP contribution < -0.4 is 11.1 Å². The highest BCUT2D eigenvalue weighted by Crippen LogP contribution is 2.14. The molecule has 6 heteroatoms. The van der Waals surface area contributed by atoms with Crippen LogP contribution in [0.4, 0.5) is 18.9 Å². The number of benzene rings is 2. The smallest absolute Gasteiger partial charge is 0.194 e. The first-order valence-electron chi connectivity index (χ1n) is 6.73. The third-order valence-corrected chi connectivity index (χ3v) is 3.05. The van der Waals surface area contributed by atoms with Gasteiger partial charge >= 0.3 is 0 Å². The van der Waals surface area contributed by atoms with Crippen molar-refractivity contribution >= 4 is 11.6 Å². The lowest BCUT2D eigenvalue weighted by atomic mass is 10.1. The van der Waals surface area contributed by atoms with Gasteiger partial charge in [0.05, 0.1) is 0 Å². The van der Waals surface area contributed by atoms with E-state index in [0.29, 0.717) is 5.56 Å². The standard InChI is InChI=1S/C16H16F3N3/c1-10-2-4-12(5-3-10)22-16(20)21-7-6-11-8-13(17)15(19)14(18)9-11/h2-5,8-9H,6-7H2,1H3,(H3,20,21,22). The van der Waals surface area contributed by atoms with Gasteiger partial charge in [0, 0.05) is 12.2 Å². The molecule has 3 N–H and O–H groups in total. The van der Waals surface area contributed by atoms with Crippen molar-refractivity contribution in [3.63, 3.8) is 0 Å². The van der Waals surface area contributed by atoms with Gasteiger partial charge in [-0.2, -0.15) is 0 Å². The molecule has 0 atom stereocenters. The number of aliphatic imine (C=N–C) groups is 1. The van der Waals surface area contributed by atoms with E-state index in [9.17, 15) is 13.2 Å². The van der Waals surface area contributed by atoms with Crippen molar-refractivity contribution in [2.75, 3.05) is 11.9 Å². The van der Waals surface area contributed by atoms with Crippen LogP contribution in [0.25, 0.3) is 0 Å². The molecule has 2 rings (SSSR count). The van der Waals surface area contributed by atoms with Gasteiger partial charge < -0.3 is 11.1 Å². The molecule has 2 aromatic carbocycles. The van der Waals surface area contributed by atoms with Crippen molar-refractivity contribution in [1.29, 1.82) is 0 Å². The first-order chi connectivity index (χ1) is 10.5. The van der Waals surface area contributed by atoms with E-state index >= 15 is 0 Å². The van der Waals surface area contributed by atoms with Crippen molar-refractivity contribution in [3.05, 3.63) is 65.0 Å². The molecule has 0 saturated carbocycles. The number of rotatable bonds is 4. The minimum Gasteiger partial charge on any atom is -0.370 e. The van der Waals surface area contributed by atoms with E-state index in [4.69, 9.17) is 5.73 Å². The molecule has 0 aromatic heterocycles. The maximum Gasteiger partial charge on any atom is 0.194 e. The second-order valence-electron chi connectivity index (χ2n) is 4.88. The van der Waals surface area contributed by atoms with E-state index in [1.165, 1.54) is 0 Å². The summed E-state index contributed by atoms with van der Waals surface area (Å²) in [4.78, 5) is 4.06. The molecule has 0 spiro atoms. The quantitative estimate of drug-likeness (QED) is 0.517. The van der Waals surface area contributed by atoms with Crippen LogP contribution in [-0.4, -0.2) is 12.5 Å². The highest BCUT2D eigenvalue weighted by Gasteiger charge is 2.10. The lowest BCUT2D eigenvalue weighted by Crippen LogP contribution is -2.23. The van der Waals surface area contributed by atoms with Crippen LogP contribution in [0.15, 0.2) is 41.4 Å². The minimum absolute atomic E-state index is 0.201. The van der Waals surface area contributed by atoms with Gasteiger partial charge in [0.1, 0.15) is 0 Å². The fourth-order valence-electron chi connectivity index (χ4n) is 1.88. The molecular formula is C16H16F3N3. The number of guanidine groups is 1. The largest absolute Gasteiger partial charge is 0.370 e. The second kappa shape index (κ2) is 6.98. The molecule has 0 heterocycles. The summed E-state index contributed by atoms with van der Waals surface area (Å²) in [7, 11) is 0. The third-order valence-electron chi connectivity index (χ3n) is 3.05. The van der Waals surface area contributed by atoms with Crippen molar-refractivity contribution in [2.45, 2.75) is 13.3 Å². The van der Waals surface area contributed by atoms with Gasteiger partial charge in [-0.05, 0) is 43.2 Å². The van der Waals surface area contributed by atoms with Crippen LogP contribution in [0.2, 0.25) is 0 Å². The highest BCUT2D eigenvalue weighted by atomic mass is 19.2. The fourth-order valence-corrected chi connectivity index (χ4v) is 1.88. The Bertz CT molecular complexity index is 659. The molecule has 2 aromatic rings. The Hall–Kier alpha value is -2.50. The zero-order valence-corrected chi connectivity index (χ0v) is 12.0. The summed E-state index contributed by atoms with van der Waals surface area (Å²) < 4.78 is 38.9. The van der Waals surface area contributed by atoms with Crippen molar-refractivity contribution in [1.82, 2.24) is 0 Å². The van der Waals surface area contributed by atoms with Gasteiger partial charge in [0.2, 0.25) is 0 Å². The predicted molar refractivity (Wildman–Crippen MR) is 81.3 cm³/mol. The number of halogens is 3. The number of aryl methyl sites for hydroxylation is 1. The molecule has 22 heavy (non-hydrogen) atoms. The molecule has 0 bridgehead atoms. The van der Waals surface area contributed by atoms with Crippen molar-refractivity contribution < 1.29 is 13.2 Å². The number of nitrogens with zero attached hydrogens (tertiary/aromatic N) is 1. The monoisotopic (exact) mass is 307 g/mol. The van der Waals surface area contributed by atoms with Gasteiger partial charge in [-0.3, -0.25) is 4.99 Å². The van der Waals surface area contributed by atoms with Crippen LogP contribution >= 0.6 is 0 Å². The zero-order chi connectivity index (χ0) is 16.1. The SMILES string of the molecule is Cc1ccc(NC(N)=NCCc2cc(F)c(F)c(F)c2)cc1. The lowest BCUT2D eigenvalue weighted by Gasteiger charge is -2.06. The first-order valence-corrected chi connectivity index (χ1v) is 6.73. The van der Waals surface area contributed by atoms with E-state index in [1.807, 2.05) is 31.2 Å². The van der Waals surface area contributed by atoms with Gasteiger partial charge in [-0.1, -0.05) is 17.7 Å².